The molecule has 0 saturated carbocycles. The van der Waals surface area contributed by atoms with Gasteiger partial charge in [-0.25, -0.2) is 0 Å². The fraction of sp³-hybridized carbons (Fsp3) is 1.00. The van der Waals surface area contributed by atoms with Gasteiger partial charge in [0.25, 0.3) is 0 Å². The summed E-state index contributed by atoms with van der Waals surface area (Å²) >= 11 is 0. The highest BCUT2D eigenvalue weighted by atomic mass is 16.7. The van der Waals surface area contributed by atoms with Crippen molar-refractivity contribution < 1.29 is 9.47 Å². The Morgan fingerprint density at radius 3 is 2.78 bits per heavy atom. The number of fused-ring (bicyclic) bond motifs is 1. The molecule has 3 saturated heterocycles. The topological polar surface area (TPSA) is 24.9 Å². The van der Waals surface area contributed by atoms with E-state index >= 15 is 0 Å². The number of rotatable bonds is 3. The molecule has 3 rings (SSSR count). The Balaban J connectivity index is 1.46. The van der Waals surface area contributed by atoms with Crippen molar-refractivity contribution in [3.63, 3.8) is 0 Å². The van der Waals surface area contributed by atoms with Gasteiger partial charge >= 0.3 is 0 Å². The van der Waals surface area contributed by atoms with Gasteiger partial charge in [0.1, 0.15) is 0 Å². The lowest BCUT2D eigenvalue weighted by Crippen LogP contribution is -2.55. The van der Waals surface area contributed by atoms with Gasteiger partial charge in [0, 0.05) is 38.1 Å². The van der Waals surface area contributed by atoms with Crippen LogP contribution >= 0.6 is 0 Å². The van der Waals surface area contributed by atoms with Gasteiger partial charge in [-0.3, -0.25) is 9.80 Å². The van der Waals surface area contributed by atoms with Crippen LogP contribution in [0.2, 0.25) is 0 Å². The molecule has 2 unspecified atom stereocenters. The Morgan fingerprint density at radius 2 is 1.94 bits per heavy atom. The SMILES string of the molecule is CC1CN2CCCC2CN1CCC1OCCCO1. The third-order valence-electron chi connectivity index (χ3n) is 4.61. The van der Waals surface area contributed by atoms with E-state index in [1.165, 1.54) is 32.5 Å². The molecule has 0 aromatic carbocycles. The minimum Gasteiger partial charge on any atom is -0.353 e. The molecule has 3 fully saturated rings. The van der Waals surface area contributed by atoms with Crippen LogP contribution in [0.3, 0.4) is 0 Å². The average Bonchev–Trinajstić information content (AvgIpc) is 2.84. The second-order valence-corrected chi connectivity index (χ2v) is 5.95. The highest BCUT2D eigenvalue weighted by molar-refractivity contribution is 4.90. The smallest absolute Gasteiger partial charge is 0.158 e. The summed E-state index contributed by atoms with van der Waals surface area (Å²) in [6.45, 7) is 9.03. The molecule has 4 nitrogen and oxygen atoms in total. The van der Waals surface area contributed by atoms with E-state index in [9.17, 15) is 0 Å². The van der Waals surface area contributed by atoms with Gasteiger partial charge in [0.15, 0.2) is 6.29 Å². The minimum atomic E-state index is 0.0487. The summed E-state index contributed by atoms with van der Waals surface area (Å²) in [5.74, 6) is 0. The molecular formula is C14H26N2O2. The molecule has 0 aromatic heterocycles. The summed E-state index contributed by atoms with van der Waals surface area (Å²) in [4.78, 5) is 5.31. The fourth-order valence-corrected chi connectivity index (χ4v) is 3.53. The van der Waals surface area contributed by atoms with Crippen molar-refractivity contribution in [3.05, 3.63) is 0 Å². The van der Waals surface area contributed by atoms with Crippen molar-refractivity contribution in [2.24, 2.45) is 0 Å². The molecule has 2 atom stereocenters. The molecule has 104 valence electrons. The van der Waals surface area contributed by atoms with Crippen LogP contribution < -0.4 is 0 Å². The normalized spacial score (nSPS) is 35.8. The lowest BCUT2D eigenvalue weighted by molar-refractivity contribution is -0.183. The van der Waals surface area contributed by atoms with E-state index < -0.39 is 0 Å². The zero-order valence-electron chi connectivity index (χ0n) is 11.5. The first-order valence-electron chi connectivity index (χ1n) is 7.54. The first-order chi connectivity index (χ1) is 8.83. The van der Waals surface area contributed by atoms with Gasteiger partial charge in [0.2, 0.25) is 0 Å². The summed E-state index contributed by atoms with van der Waals surface area (Å²) < 4.78 is 11.3. The second-order valence-electron chi connectivity index (χ2n) is 5.95. The molecule has 0 spiro atoms. The van der Waals surface area contributed by atoms with Gasteiger partial charge < -0.3 is 9.47 Å². The molecule has 3 aliphatic heterocycles. The molecule has 0 N–H and O–H groups in total. The van der Waals surface area contributed by atoms with Crippen LogP contribution in [0, 0.1) is 0 Å². The number of nitrogens with zero attached hydrogens (tertiary/aromatic N) is 2. The van der Waals surface area contributed by atoms with Crippen LogP contribution in [0.4, 0.5) is 0 Å². The van der Waals surface area contributed by atoms with Crippen molar-refractivity contribution in [3.8, 4) is 0 Å². The molecule has 0 aliphatic carbocycles. The van der Waals surface area contributed by atoms with Crippen molar-refractivity contribution >= 4 is 0 Å². The maximum absolute atomic E-state index is 5.63. The first kappa shape index (κ1) is 12.9. The molecule has 3 aliphatic rings. The Morgan fingerprint density at radius 1 is 1.11 bits per heavy atom. The molecule has 0 radical (unpaired) electrons. The molecule has 18 heavy (non-hydrogen) atoms. The van der Waals surface area contributed by atoms with Crippen LogP contribution in [0.5, 0.6) is 0 Å². The van der Waals surface area contributed by atoms with Crippen molar-refractivity contribution in [2.75, 3.05) is 39.4 Å². The van der Waals surface area contributed by atoms with E-state index in [4.69, 9.17) is 9.47 Å². The summed E-state index contributed by atoms with van der Waals surface area (Å²) in [7, 11) is 0. The number of piperazine rings is 1. The van der Waals surface area contributed by atoms with E-state index in [1.54, 1.807) is 0 Å². The highest BCUT2D eigenvalue weighted by Crippen LogP contribution is 2.25. The standard InChI is InChI=1S/C14H26N2O2/c1-12-10-16-6-2-4-13(16)11-15(12)7-5-14-17-8-3-9-18-14/h12-14H,2-11H2,1H3. The van der Waals surface area contributed by atoms with Gasteiger partial charge in [-0.1, -0.05) is 0 Å². The summed E-state index contributed by atoms with van der Waals surface area (Å²) in [6, 6.07) is 1.50. The lowest BCUT2D eigenvalue weighted by Gasteiger charge is -2.42. The van der Waals surface area contributed by atoms with Crippen LogP contribution in [-0.2, 0) is 9.47 Å². The second kappa shape index (κ2) is 5.87. The third kappa shape index (κ3) is 2.87. The van der Waals surface area contributed by atoms with E-state index in [1.807, 2.05) is 0 Å². The predicted octanol–water partition coefficient (Wildman–Crippen LogP) is 1.31. The average molecular weight is 254 g/mol. The van der Waals surface area contributed by atoms with Crippen molar-refractivity contribution in [1.29, 1.82) is 0 Å². The van der Waals surface area contributed by atoms with E-state index in [0.717, 1.165) is 38.6 Å². The van der Waals surface area contributed by atoms with Gasteiger partial charge in [-0.15, -0.1) is 0 Å². The largest absolute Gasteiger partial charge is 0.353 e. The number of hydrogen-bond acceptors (Lipinski definition) is 4. The Kier molecular flexibility index (Phi) is 4.19. The Hall–Kier alpha value is -0.160. The van der Waals surface area contributed by atoms with Crippen LogP contribution in [0.25, 0.3) is 0 Å². The highest BCUT2D eigenvalue weighted by Gasteiger charge is 2.34. The maximum Gasteiger partial charge on any atom is 0.158 e. The monoisotopic (exact) mass is 254 g/mol. The van der Waals surface area contributed by atoms with E-state index in [-0.39, 0.29) is 6.29 Å². The molecule has 0 amide bonds. The Labute approximate surface area is 110 Å². The van der Waals surface area contributed by atoms with E-state index in [0.29, 0.717) is 6.04 Å². The van der Waals surface area contributed by atoms with E-state index in [2.05, 4.69) is 16.7 Å². The zero-order valence-corrected chi connectivity index (χ0v) is 11.5. The zero-order chi connectivity index (χ0) is 12.4. The summed E-state index contributed by atoms with van der Waals surface area (Å²) in [6.07, 6.45) is 4.90. The number of ether oxygens (including phenoxy) is 2. The summed E-state index contributed by atoms with van der Waals surface area (Å²) in [5.41, 5.74) is 0. The van der Waals surface area contributed by atoms with Crippen LogP contribution in [0.1, 0.15) is 32.6 Å². The molecular weight excluding hydrogens is 228 g/mol. The summed E-state index contributed by atoms with van der Waals surface area (Å²) in [5, 5.41) is 0. The van der Waals surface area contributed by atoms with Gasteiger partial charge in [-0.05, 0) is 32.7 Å². The first-order valence-corrected chi connectivity index (χ1v) is 7.54. The van der Waals surface area contributed by atoms with Crippen LogP contribution in [-0.4, -0.2) is 67.6 Å². The maximum atomic E-state index is 5.63. The number of hydrogen-bond donors (Lipinski definition) is 0. The lowest BCUT2D eigenvalue weighted by atomic mass is 10.1. The predicted molar refractivity (Wildman–Crippen MR) is 70.6 cm³/mol. The molecule has 0 bridgehead atoms. The molecule has 3 heterocycles. The van der Waals surface area contributed by atoms with Crippen molar-refractivity contribution in [1.82, 2.24) is 9.80 Å². The van der Waals surface area contributed by atoms with Gasteiger partial charge in [-0.2, -0.15) is 0 Å². The quantitative estimate of drug-likeness (QED) is 0.758. The Bertz CT molecular complexity index is 269. The van der Waals surface area contributed by atoms with Gasteiger partial charge in [0.05, 0.1) is 13.2 Å². The minimum absolute atomic E-state index is 0.0487. The van der Waals surface area contributed by atoms with Crippen LogP contribution in [0.15, 0.2) is 0 Å². The fourth-order valence-electron chi connectivity index (χ4n) is 3.53. The molecule has 0 aromatic rings. The van der Waals surface area contributed by atoms with Crippen molar-refractivity contribution in [2.45, 2.75) is 51.0 Å². The molecule has 4 heteroatoms. The third-order valence-corrected chi connectivity index (χ3v) is 4.61.